The zero-order valence-electron chi connectivity index (χ0n) is 16.4. The number of benzene rings is 3. The van der Waals surface area contributed by atoms with E-state index in [1.807, 2.05) is 30.3 Å². The van der Waals surface area contributed by atoms with Crippen LogP contribution in [0.15, 0.2) is 84.0 Å². The van der Waals surface area contributed by atoms with Gasteiger partial charge < -0.3 is 5.11 Å². The maximum absolute atomic E-state index is 13.1. The highest BCUT2D eigenvalue weighted by Gasteiger charge is 2.20. The van der Waals surface area contributed by atoms with Crippen molar-refractivity contribution >= 4 is 21.7 Å². The Bertz CT molecular complexity index is 1370. The molecule has 3 aromatic carbocycles. The Morgan fingerprint density at radius 2 is 1.68 bits per heavy atom. The van der Waals surface area contributed by atoms with Crippen LogP contribution in [0, 0.1) is 0 Å². The zero-order chi connectivity index (χ0) is 22.0. The second kappa shape index (κ2) is 8.04. The van der Waals surface area contributed by atoms with Gasteiger partial charge in [0.1, 0.15) is 6.33 Å². The van der Waals surface area contributed by atoms with Crippen LogP contribution in [0.25, 0.3) is 22.5 Å². The molecule has 0 saturated carbocycles. The van der Waals surface area contributed by atoms with Crippen molar-refractivity contribution in [3.8, 4) is 22.5 Å². The summed E-state index contributed by atoms with van der Waals surface area (Å²) in [5, 5.41) is 13.5. The molecule has 0 fully saturated rings. The summed E-state index contributed by atoms with van der Waals surface area (Å²) in [4.78, 5) is 15.8. The van der Waals surface area contributed by atoms with E-state index in [-0.39, 0.29) is 16.1 Å². The number of nitrogens with one attached hydrogen (secondary N) is 1. The monoisotopic (exact) mass is 434 g/mol. The van der Waals surface area contributed by atoms with Crippen molar-refractivity contribution in [2.45, 2.75) is 4.90 Å². The first kappa shape index (κ1) is 20.3. The molecule has 0 aliphatic carbocycles. The normalized spacial score (nSPS) is 11.3. The highest BCUT2D eigenvalue weighted by atomic mass is 32.2. The third-order valence-corrected chi connectivity index (χ3v) is 6.08. The van der Waals surface area contributed by atoms with Crippen LogP contribution < -0.4 is 4.72 Å². The minimum absolute atomic E-state index is 0.0158. The number of hydrogen-bond acceptors (Lipinski definition) is 5. The molecule has 0 spiro atoms. The number of carboxylic acids is 1. The fraction of sp³-hybridized carbons (Fsp3) is 0.0455. The summed E-state index contributed by atoms with van der Waals surface area (Å²) < 4.78 is 30.1. The number of carboxylic acid groups (broad SMARTS) is 1. The summed E-state index contributed by atoms with van der Waals surface area (Å²) in [6.45, 7) is 0. The average molecular weight is 434 g/mol. The third kappa shape index (κ3) is 4.17. The first-order valence-electron chi connectivity index (χ1n) is 9.25. The molecular formula is C22H18N4O4S. The molecule has 0 saturated heterocycles. The van der Waals surface area contributed by atoms with E-state index >= 15 is 0 Å². The van der Waals surface area contributed by atoms with E-state index < -0.39 is 16.0 Å². The van der Waals surface area contributed by atoms with Gasteiger partial charge in [-0.1, -0.05) is 48.5 Å². The fourth-order valence-electron chi connectivity index (χ4n) is 3.19. The van der Waals surface area contributed by atoms with Gasteiger partial charge in [-0.3, -0.25) is 4.72 Å². The highest BCUT2D eigenvalue weighted by Crippen LogP contribution is 2.28. The molecule has 2 N–H and O–H groups in total. The quantitative estimate of drug-likeness (QED) is 0.479. The second-order valence-electron chi connectivity index (χ2n) is 6.77. The number of rotatable bonds is 6. The molecule has 0 aliphatic rings. The maximum atomic E-state index is 13.1. The van der Waals surface area contributed by atoms with Gasteiger partial charge in [-0.15, -0.1) is 0 Å². The van der Waals surface area contributed by atoms with Crippen molar-refractivity contribution in [1.82, 2.24) is 14.8 Å². The molecule has 31 heavy (non-hydrogen) atoms. The molecule has 4 rings (SSSR count). The number of carbonyl (C=O) groups is 1. The van der Waals surface area contributed by atoms with E-state index in [4.69, 9.17) is 0 Å². The van der Waals surface area contributed by atoms with Crippen LogP contribution in [-0.2, 0) is 17.1 Å². The van der Waals surface area contributed by atoms with Crippen molar-refractivity contribution in [3.63, 3.8) is 0 Å². The molecule has 1 heterocycles. The maximum Gasteiger partial charge on any atom is 0.337 e. The molecule has 0 atom stereocenters. The number of sulfonamides is 1. The number of nitrogens with zero attached hydrogens (tertiary/aromatic N) is 3. The van der Waals surface area contributed by atoms with E-state index in [2.05, 4.69) is 14.8 Å². The fourth-order valence-corrected chi connectivity index (χ4v) is 4.31. The minimum atomic E-state index is -4.07. The summed E-state index contributed by atoms with van der Waals surface area (Å²) in [6.07, 6.45) is 1.38. The lowest BCUT2D eigenvalue weighted by Crippen LogP contribution is -2.16. The summed E-state index contributed by atoms with van der Waals surface area (Å²) >= 11 is 0. The van der Waals surface area contributed by atoms with Gasteiger partial charge in [0.15, 0.2) is 5.82 Å². The number of anilines is 1. The van der Waals surface area contributed by atoms with Crippen molar-refractivity contribution < 1.29 is 18.3 Å². The van der Waals surface area contributed by atoms with Gasteiger partial charge in [-0.2, -0.15) is 5.10 Å². The Labute approximate surface area is 178 Å². The van der Waals surface area contributed by atoms with E-state index in [0.717, 1.165) is 5.56 Å². The number of aryl methyl sites for hydroxylation is 1. The Morgan fingerprint density at radius 1 is 0.935 bits per heavy atom. The van der Waals surface area contributed by atoms with E-state index in [1.54, 1.807) is 25.2 Å². The second-order valence-corrected chi connectivity index (χ2v) is 8.45. The van der Waals surface area contributed by atoms with Gasteiger partial charge in [0.2, 0.25) is 0 Å². The third-order valence-electron chi connectivity index (χ3n) is 4.72. The van der Waals surface area contributed by atoms with Crippen LogP contribution in [0.3, 0.4) is 0 Å². The smallest absolute Gasteiger partial charge is 0.337 e. The SMILES string of the molecule is Cn1ncnc1-c1cccc(S(=O)(=O)Nc2cc(-c3ccccc3)ccc2C(=O)O)c1. The summed E-state index contributed by atoms with van der Waals surface area (Å²) in [7, 11) is -2.36. The van der Waals surface area contributed by atoms with Crippen LogP contribution in [0.5, 0.6) is 0 Å². The van der Waals surface area contributed by atoms with Crippen molar-refractivity contribution in [1.29, 1.82) is 0 Å². The Balaban J connectivity index is 1.74. The Hall–Kier alpha value is -3.98. The summed E-state index contributed by atoms with van der Waals surface area (Å²) in [5.41, 5.74) is 1.94. The van der Waals surface area contributed by atoms with Crippen LogP contribution in [0.2, 0.25) is 0 Å². The van der Waals surface area contributed by atoms with Crippen LogP contribution in [0.4, 0.5) is 5.69 Å². The van der Waals surface area contributed by atoms with Gasteiger partial charge in [0.25, 0.3) is 10.0 Å². The lowest BCUT2D eigenvalue weighted by atomic mass is 10.0. The minimum Gasteiger partial charge on any atom is -0.478 e. The van der Waals surface area contributed by atoms with Crippen LogP contribution >= 0.6 is 0 Å². The van der Waals surface area contributed by atoms with Gasteiger partial charge >= 0.3 is 5.97 Å². The molecule has 4 aromatic rings. The molecule has 156 valence electrons. The molecule has 0 radical (unpaired) electrons. The molecule has 0 amide bonds. The van der Waals surface area contributed by atoms with Crippen LogP contribution in [0.1, 0.15) is 10.4 Å². The van der Waals surface area contributed by atoms with E-state index in [0.29, 0.717) is 17.0 Å². The van der Waals surface area contributed by atoms with Crippen molar-refractivity contribution in [3.05, 3.63) is 84.7 Å². The van der Waals surface area contributed by atoms with E-state index in [9.17, 15) is 18.3 Å². The van der Waals surface area contributed by atoms with Crippen LogP contribution in [-0.4, -0.2) is 34.3 Å². The molecule has 8 nitrogen and oxygen atoms in total. The van der Waals surface area contributed by atoms with Gasteiger partial charge in [0.05, 0.1) is 16.1 Å². The highest BCUT2D eigenvalue weighted by molar-refractivity contribution is 7.92. The standard InChI is InChI=1S/C22H18N4O4S/c1-26-21(23-14-24-26)17-8-5-9-18(12-17)31(29,30)25-20-13-16(10-11-19(20)22(27)28)15-6-3-2-4-7-15/h2-14,25H,1H3,(H,27,28). The zero-order valence-corrected chi connectivity index (χ0v) is 17.2. The van der Waals surface area contributed by atoms with Crippen molar-refractivity contribution in [2.24, 2.45) is 7.05 Å². The lowest BCUT2D eigenvalue weighted by Gasteiger charge is -2.13. The number of hydrogen-bond donors (Lipinski definition) is 2. The first-order chi connectivity index (χ1) is 14.8. The molecule has 0 aliphatic heterocycles. The van der Waals surface area contributed by atoms with E-state index in [1.165, 1.54) is 35.3 Å². The van der Waals surface area contributed by atoms with Gasteiger partial charge in [-0.25, -0.2) is 22.9 Å². The number of aromatic nitrogens is 3. The first-order valence-corrected chi connectivity index (χ1v) is 10.7. The molecule has 1 aromatic heterocycles. The van der Waals surface area contributed by atoms with Gasteiger partial charge in [-0.05, 0) is 35.4 Å². The Kier molecular flexibility index (Phi) is 5.26. The summed E-state index contributed by atoms with van der Waals surface area (Å²) in [6, 6.07) is 20.0. The lowest BCUT2D eigenvalue weighted by molar-refractivity contribution is 0.0698. The summed E-state index contributed by atoms with van der Waals surface area (Å²) in [5.74, 6) is -0.723. The molecule has 0 unspecified atom stereocenters. The number of aromatic carboxylic acids is 1. The average Bonchev–Trinajstić information content (AvgIpc) is 3.20. The van der Waals surface area contributed by atoms with Gasteiger partial charge in [0, 0.05) is 12.6 Å². The van der Waals surface area contributed by atoms with Crippen molar-refractivity contribution in [2.75, 3.05) is 4.72 Å². The largest absolute Gasteiger partial charge is 0.478 e. The predicted octanol–water partition coefficient (Wildman–Crippen LogP) is 3.65. The molecule has 9 heteroatoms. The molecule has 0 bridgehead atoms. The predicted molar refractivity (Wildman–Crippen MR) is 116 cm³/mol. The topological polar surface area (TPSA) is 114 Å². The Morgan fingerprint density at radius 3 is 2.35 bits per heavy atom. The molecular weight excluding hydrogens is 416 g/mol.